The second-order valence-corrected chi connectivity index (χ2v) is 15.9. The Balaban J connectivity index is 1.24. The lowest BCUT2D eigenvalue weighted by Crippen LogP contribution is -2.32. The second-order valence-electron chi connectivity index (χ2n) is 15.9. The predicted molar refractivity (Wildman–Crippen MR) is 217 cm³/mol. The van der Waals surface area contributed by atoms with E-state index in [0.29, 0.717) is 11.1 Å². The molecule has 0 saturated carbocycles. The largest absolute Gasteiger partial charge is 0.507 e. The van der Waals surface area contributed by atoms with Crippen molar-refractivity contribution in [2.24, 2.45) is 0 Å². The molecule has 4 N–H and O–H groups in total. The molecule has 6 heteroatoms. The number of ether oxygens (including phenoxy) is 2. The summed E-state index contributed by atoms with van der Waals surface area (Å²) < 4.78 is 13.4. The number of aromatic amines is 2. The number of aryl methyl sites for hydroxylation is 2. The molecule has 266 valence electrons. The maximum absolute atomic E-state index is 11.6. The number of nitrogens with one attached hydrogen (secondary N) is 2. The van der Waals surface area contributed by atoms with Crippen molar-refractivity contribution in [1.29, 1.82) is 0 Å². The first-order valence-corrected chi connectivity index (χ1v) is 18.4. The summed E-state index contributed by atoms with van der Waals surface area (Å²) in [6.07, 6.45) is 16.9. The number of aromatic hydroxyl groups is 2. The molecule has 6 aromatic rings. The summed E-state index contributed by atoms with van der Waals surface area (Å²) in [5.74, 6) is 1.93. The molecule has 0 bridgehead atoms. The third-order valence-electron chi connectivity index (χ3n) is 10.9. The first kappa shape index (κ1) is 33.8. The van der Waals surface area contributed by atoms with Crippen LogP contribution in [0.2, 0.25) is 0 Å². The van der Waals surface area contributed by atoms with Crippen LogP contribution >= 0.6 is 0 Å². The van der Waals surface area contributed by atoms with E-state index in [1.807, 2.05) is 12.1 Å². The van der Waals surface area contributed by atoms with Gasteiger partial charge >= 0.3 is 0 Å². The van der Waals surface area contributed by atoms with E-state index in [1.54, 1.807) is 12.1 Å². The van der Waals surface area contributed by atoms with Gasteiger partial charge in [-0.25, -0.2) is 0 Å². The van der Waals surface area contributed by atoms with Gasteiger partial charge in [-0.15, -0.1) is 0 Å². The Morgan fingerprint density at radius 3 is 1.75 bits per heavy atom. The lowest BCUT2D eigenvalue weighted by Gasteiger charge is -2.32. The standard InChI is InChI=1S/C46H48N2O4/c1-25(2)11-9-17-45(7)19-15-30-40-34(22-28(6)43(30)51-45)32-23-35(38(50)24-36(32)47-40)39-37(49)14-13-29-33-21-27(5)44-31(41(33)48-42(29)39)16-20-46(8,52-44)18-10-12-26(3)4/h11-16,19-24,47-50H,9-10,17-18H2,1-8H3. The van der Waals surface area contributed by atoms with Crippen molar-refractivity contribution in [1.82, 2.24) is 9.97 Å². The Labute approximate surface area is 305 Å². The van der Waals surface area contributed by atoms with E-state index in [2.05, 4.69) is 114 Å². The number of phenolic OH excluding ortho intramolecular Hbond substituents is 2. The van der Waals surface area contributed by atoms with Gasteiger partial charge in [0.15, 0.2) is 0 Å². The van der Waals surface area contributed by atoms with Crippen LogP contribution < -0.4 is 9.47 Å². The summed E-state index contributed by atoms with van der Waals surface area (Å²) in [5, 5.41) is 27.1. The summed E-state index contributed by atoms with van der Waals surface area (Å²) in [5.41, 5.74) is 10.5. The van der Waals surface area contributed by atoms with Crippen molar-refractivity contribution in [3.05, 3.63) is 94.1 Å². The molecular weight excluding hydrogens is 645 g/mol. The molecule has 0 saturated heterocycles. The monoisotopic (exact) mass is 692 g/mol. The van der Waals surface area contributed by atoms with Gasteiger partial charge in [-0.05, 0) is 147 Å². The Hall–Kier alpha value is -5.36. The molecule has 0 fully saturated rings. The molecule has 4 aromatic carbocycles. The third kappa shape index (κ3) is 5.56. The van der Waals surface area contributed by atoms with Crippen LogP contribution in [0.25, 0.3) is 66.9 Å². The number of fused-ring (bicyclic) bond motifs is 10. The molecule has 2 aromatic heterocycles. The maximum atomic E-state index is 11.6. The number of phenols is 2. The first-order chi connectivity index (χ1) is 24.7. The maximum Gasteiger partial charge on any atom is 0.132 e. The molecule has 0 radical (unpaired) electrons. The minimum Gasteiger partial charge on any atom is -0.507 e. The lowest BCUT2D eigenvalue weighted by molar-refractivity contribution is 0.127. The summed E-state index contributed by atoms with van der Waals surface area (Å²) in [6, 6.07) is 11.8. The Morgan fingerprint density at radius 1 is 0.654 bits per heavy atom. The van der Waals surface area contributed by atoms with Crippen LogP contribution in [-0.2, 0) is 0 Å². The Kier molecular flexibility index (Phi) is 7.87. The van der Waals surface area contributed by atoms with Crippen LogP contribution in [0, 0.1) is 13.8 Å². The fourth-order valence-electron chi connectivity index (χ4n) is 8.14. The first-order valence-electron chi connectivity index (χ1n) is 18.4. The summed E-state index contributed by atoms with van der Waals surface area (Å²) in [7, 11) is 0. The van der Waals surface area contributed by atoms with Crippen molar-refractivity contribution < 1.29 is 19.7 Å². The van der Waals surface area contributed by atoms with Gasteiger partial charge in [0.1, 0.15) is 34.2 Å². The number of hydrogen-bond acceptors (Lipinski definition) is 4. The van der Waals surface area contributed by atoms with Crippen LogP contribution in [-0.4, -0.2) is 31.4 Å². The highest BCUT2D eigenvalue weighted by Gasteiger charge is 2.32. The lowest BCUT2D eigenvalue weighted by atomic mass is 9.92. The molecule has 0 aliphatic carbocycles. The quantitative estimate of drug-likeness (QED) is 0.125. The van der Waals surface area contributed by atoms with Crippen molar-refractivity contribution in [3.63, 3.8) is 0 Å². The van der Waals surface area contributed by atoms with Gasteiger partial charge in [-0.1, -0.05) is 23.3 Å². The van der Waals surface area contributed by atoms with Gasteiger partial charge in [-0.3, -0.25) is 0 Å². The molecule has 8 rings (SSSR count). The van der Waals surface area contributed by atoms with Crippen molar-refractivity contribution in [2.75, 3.05) is 0 Å². The number of aromatic nitrogens is 2. The number of allylic oxidation sites excluding steroid dienone is 4. The molecule has 2 aliphatic heterocycles. The zero-order valence-electron chi connectivity index (χ0n) is 31.5. The SMILES string of the molecule is CC(C)=CCCC1(C)C=Cc2c(c(C)cc3c2[nH]c2cc(O)c(-c4c(O)ccc5c4[nH]c4c6c(c(C)cc45)OC(C)(CCC=C(C)C)C=C6)cc23)O1. The fraction of sp³-hybridized carbons (Fsp3) is 0.304. The molecule has 2 unspecified atom stereocenters. The topological polar surface area (TPSA) is 90.5 Å². The second kappa shape index (κ2) is 12.1. The molecule has 0 spiro atoms. The van der Waals surface area contributed by atoms with Crippen LogP contribution in [0.3, 0.4) is 0 Å². The van der Waals surface area contributed by atoms with Crippen molar-refractivity contribution in [3.8, 4) is 34.1 Å². The Bertz CT molecular complexity index is 2580. The molecule has 2 aliphatic rings. The molecule has 4 heterocycles. The summed E-state index contributed by atoms with van der Waals surface area (Å²) in [6.45, 7) is 17.0. The van der Waals surface area contributed by atoms with E-state index in [-0.39, 0.29) is 11.5 Å². The van der Waals surface area contributed by atoms with Crippen LogP contribution in [0.1, 0.15) is 89.5 Å². The summed E-state index contributed by atoms with van der Waals surface area (Å²) in [4.78, 5) is 7.24. The number of hydrogen-bond donors (Lipinski definition) is 4. The zero-order chi connectivity index (χ0) is 36.7. The van der Waals surface area contributed by atoms with E-state index in [9.17, 15) is 10.2 Å². The molecule has 6 nitrogen and oxygen atoms in total. The van der Waals surface area contributed by atoms with E-state index >= 15 is 0 Å². The van der Waals surface area contributed by atoms with Gasteiger partial charge in [-0.2, -0.15) is 0 Å². The summed E-state index contributed by atoms with van der Waals surface area (Å²) >= 11 is 0. The van der Waals surface area contributed by atoms with Crippen LogP contribution in [0.4, 0.5) is 0 Å². The minimum absolute atomic E-state index is 0.0818. The van der Waals surface area contributed by atoms with Gasteiger partial charge < -0.3 is 29.7 Å². The van der Waals surface area contributed by atoms with Crippen molar-refractivity contribution in [2.45, 2.75) is 92.3 Å². The van der Waals surface area contributed by atoms with Crippen LogP contribution in [0.15, 0.2) is 71.8 Å². The normalized spacial score (nSPS) is 19.2. The average Bonchev–Trinajstić information content (AvgIpc) is 3.62. The molecule has 2 atom stereocenters. The van der Waals surface area contributed by atoms with E-state index in [4.69, 9.17) is 9.47 Å². The molecule has 0 amide bonds. The van der Waals surface area contributed by atoms with Crippen molar-refractivity contribution >= 4 is 55.8 Å². The Morgan fingerprint density at radius 2 is 1.19 bits per heavy atom. The van der Waals surface area contributed by atoms with E-state index in [1.165, 1.54) is 11.1 Å². The highest BCUT2D eigenvalue weighted by molar-refractivity contribution is 6.18. The van der Waals surface area contributed by atoms with Gasteiger partial charge in [0.25, 0.3) is 0 Å². The van der Waals surface area contributed by atoms with Gasteiger partial charge in [0.2, 0.25) is 0 Å². The molecular formula is C46H48N2O4. The van der Waals surface area contributed by atoms with Gasteiger partial charge in [0.05, 0.1) is 27.6 Å². The van der Waals surface area contributed by atoms with E-state index in [0.717, 1.165) is 103 Å². The minimum atomic E-state index is -0.405. The van der Waals surface area contributed by atoms with Crippen LogP contribution in [0.5, 0.6) is 23.0 Å². The number of rotatable bonds is 7. The number of H-pyrrole nitrogens is 2. The fourth-order valence-corrected chi connectivity index (χ4v) is 8.14. The molecule has 52 heavy (non-hydrogen) atoms. The highest BCUT2D eigenvalue weighted by atomic mass is 16.5. The zero-order valence-corrected chi connectivity index (χ0v) is 31.5. The smallest absolute Gasteiger partial charge is 0.132 e. The average molecular weight is 693 g/mol. The van der Waals surface area contributed by atoms with E-state index < -0.39 is 11.2 Å². The predicted octanol–water partition coefficient (Wildman–Crippen LogP) is 12.5. The number of benzene rings is 4. The third-order valence-corrected chi connectivity index (χ3v) is 10.9. The highest BCUT2D eigenvalue weighted by Crippen LogP contribution is 2.49. The van der Waals surface area contributed by atoms with Gasteiger partial charge in [0, 0.05) is 44.3 Å².